The van der Waals surface area contributed by atoms with Crippen LogP contribution in [0.2, 0.25) is 0 Å². The van der Waals surface area contributed by atoms with Crippen molar-refractivity contribution in [2.24, 2.45) is 0 Å². The topological polar surface area (TPSA) is 17.8 Å². The number of hydrogen-bond donors (Lipinski definition) is 0. The van der Waals surface area contributed by atoms with E-state index in [9.17, 15) is 0 Å². The van der Waals surface area contributed by atoms with Crippen LogP contribution in [0, 0.1) is 0 Å². The number of para-hydroxylation sites is 2. The number of imidazole rings is 1. The zero-order valence-electron chi connectivity index (χ0n) is 37.1. The van der Waals surface area contributed by atoms with E-state index < -0.39 is 36.3 Å². The maximum absolute atomic E-state index is 9.07. The number of hydrogen-bond acceptors (Lipinski definition) is 1. The van der Waals surface area contributed by atoms with E-state index in [1.54, 1.807) is 12.1 Å². The van der Waals surface area contributed by atoms with Crippen LogP contribution in [0.25, 0.3) is 93.8 Å². The van der Waals surface area contributed by atoms with Crippen LogP contribution in [0.1, 0.15) is 13.7 Å². The molecule has 2 heteroatoms. The molecule has 10 aromatic rings. The van der Waals surface area contributed by atoms with E-state index in [0.29, 0.717) is 27.3 Å². The van der Waals surface area contributed by atoms with Gasteiger partial charge in [-0.3, -0.25) is 4.57 Å². The Morgan fingerprint density at radius 3 is 1.75 bits per heavy atom. The number of nitrogens with zero attached hydrogens (tertiary/aromatic N) is 2. The van der Waals surface area contributed by atoms with Gasteiger partial charge in [0.1, 0.15) is 5.82 Å². The molecule has 0 N–H and O–H groups in total. The van der Waals surface area contributed by atoms with Gasteiger partial charge in [0, 0.05) is 10.9 Å². The van der Waals surface area contributed by atoms with Crippen LogP contribution in [-0.2, 0) is 0 Å². The minimum absolute atomic E-state index is 0.000326. The minimum atomic E-state index is -0.516. The quantitative estimate of drug-likeness (QED) is 0.168. The predicted octanol–water partition coefficient (Wildman–Crippen LogP) is 13.2. The third-order valence-corrected chi connectivity index (χ3v) is 9.56. The Kier molecular flexibility index (Phi) is 4.86. The van der Waals surface area contributed by atoms with Crippen LogP contribution in [0.15, 0.2) is 194 Å². The second-order valence-electron chi connectivity index (χ2n) is 12.4. The summed E-state index contributed by atoms with van der Waals surface area (Å²) in [5, 5.41) is 4.74. The van der Waals surface area contributed by atoms with Gasteiger partial charge in [0.15, 0.2) is 0 Å². The van der Waals surface area contributed by atoms with E-state index in [1.807, 2.05) is 91.0 Å². The van der Waals surface area contributed by atoms with E-state index in [4.69, 9.17) is 18.7 Å². The summed E-state index contributed by atoms with van der Waals surface area (Å²) in [6, 6.07) is 39.0. The molecule has 0 saturated heterocycles. The maximum Gasteiger partial charge on any atom is 0.145 e. The summed E-state index contributed by atoms with van der Waals surface area (Å²) in [4.78, 5) is 5.14. The second kappa shape index (κ2) is 12.0. The monoisotopic (exact) mass is 658 g/mol. The SMILES string of the molecule is [2H]c1c([2H])c([2H])c(-c2ccc3c(-c4ccc(-c5nc6ccccc6n5-c5cccc6ccccc56)cc4)c4ccccc4c(-c4c([2H])c([2H])c([2H])c([2H])c4[2H])c3c2)c([2H])c1[2H]. The summed E-state index contributed by atoms with van der Waals surface area (Å²) in [7, 11) is 0. The zero-order valence-corrected chi connectivity index (χ0v) is 27.1. The first-order chi connectivity index (χ1) is 29.5. The Morgan fingerprint density at radius 1 is 0.412 bits per heavy atom. The van der Waals surface area contributed by atoms with Gasteiger partial charge in [-0.25, -0.2) is 4.98 Å². The van der Waals surface area contributed by atoms with Gasteiger partial charge in [-0.2, -0.15) is 0 Å². The molecule has 0 aliphatic carbocycles. The third kappa shape index (κ3) is 4.84. The molecule has 0 fully saturated rings. The van der Waals surface area contributed by atoms with Gasteiger partial charge in [-0.05, 0) is 84.6 Å². The summed E-state index contributed by atoms with van der Waals surface area (Å²) >= 11 is 0. The lowest BCUT2D eigenvalue weighted by Gasteiger charge is -2.19. The van der Waals surface area contributed by atoms with E-state index in [0.717, 1.165) is 55.4 Å². The van der Waals surface area contributed by atoms with Crippen molar-refractivity contribution in [3.8, 4) is 50.5 Å². The molecule has 2 nitrogen and oxygen atoms in total. The molecule has 1 aromatic heterocycles. The molecule has 0 spiro atoms. The lowest BCUT2D eigenvalue weighted by atomic mass is 9.84. The first-order valence-corrected chi connectivity index (χ1v) is 16.7. The first kappa shape index (κ1) is 20.7. The van der Waals surface area contributed by atoms with Crippen molar-refractivity contribution in [2.75, 3.05) is 0 Å². The van der Waals surface area contributed by atoms with Gasteiger partial charge in [-0.1, -0.05) is 170 Å². The number of rotatable bonds is 5. The molecule has 0 saturated carbocycles. The second-order valence-corrected chi connectivity index (χ2v) is 12.4. The van der Waals surface area contributed by atoms with Gasteiger partial charge in [0.05, 0.1) is 30.4 Å². The average molecular weight is 659 g/mol. The van der Waals surface area contributed by atoms with Crippen molar-refractivity contribution in [3.63, 3.8) is 0 Å². The van der Waals surface area contributed by atoms with Crippen LogP contribution >= 0.6 is 0 Å². The molecule has 0 bridgehead atoms. The lowest BCUT2D eigenvalue weighted by Crippen LogP contribution is -1.98. The highest BCUT2D eigenvalue weighted by Crippen LogP contribution is 2.45. The number of fused-ring (bicyclic) bond motifs is 4. The van der Waals surface area contributed by atoms with Crippen LogP contribution in [0.3, 0.4) is 0 Å². The summed E-state index contributed by atoms with van der Waals surface area (Å²) in [5.74, 6) is 0.763. The molecule has 10 rings (SSSR count). The van der Waals surface area contributed by atoms with Crippen LogP contribution in [-0.4, -0.2) is 9.55 Å². The molecule has 0 amide bonds. The van der Waals surface area contributed by atoms with Crippen LogP contribution < -0.4 is 0 Å². The molecule has 0 unspecified atom stereocenters. The highest BCUT2D eigenvalue weighted by molar-refractivity contribution is 6.22. The molecule has 0 atom stereocenters. The Labute approximate surface area is 310 Å². The fourth-order valence-electron chi connectivity index (χ4n) is 7.34. The van der Waals surface area contributed by atoms with Crippen molar-refractivity contribution in [2.45, 2.75) is 0 Å². The molecule has 9 aromatic carbocycles. The summed E-state index contributed by atoms with van der Waals surface area (Å²) in [6.45, 7) is 0. The van der Waals surface area contributed by atoms with E-state index in [1.165, 1.54) is 0 Å². The fraction of sp³-hybridized carbons (Fsp3) is 0. The molecular formula is C49H32N2. The Hall–Kier alpha value is -6.77. The Balaban J connectivity index is 1.25. The lowest BCUT2D eigenvalue weighted by molar-refractivity contribution is 1.11. The maximum atomic E-state index is 9.07. The number of benzene rings is 9. The predicted molar refractivity (Wildman–Crippen MR) is 215 cm³/mol. The van der Waals surface area contributed by atoms with Gasteiger partial charge >= 0.3 is 0 Å². The molecule has 51 heavy (non-hydrogen) atoms. The smallest absolute Gasteiger partial charge is 0.145 e. The standard InChI is InChI=1S/C49H32N2/c1-3-14-33(15-4-1)38-30-31-42-43(32-38)48(35-17-5-2-6-18-35)41-22-10-9-21-40(41)47(42)36-26-28-37(29-27-36)49-50-44-23-11-12-24-46(44)51(49)45-25-13-19-34-16-7-8-20-39(34)45/h1-32H/i1D,2D,3D,4D,5D,6D,14D,15D,17D,18D. The van der Waals surface area contributed by atoms with E-state index in [-0.39, 0.29) is 35.3 Å². The average Bonchev–Trinajstić information content (AvgIpc) is 3.68. The normalized spacial score (nSPS) is 14.3. The Morgan fingerprint density at radius 2 is 0.980 bits per heavy atom. The molecule has 0 radical (unpaired) electrons. The molecule has 0 aliphatic rings. The zero-order chi connectivity index (χ0) is 42.4. The minimum Gasteiger partial charge on any atom is -0.292 e. The third-order valence-electron chi connectivity index (χ3n) is 9.56. The molecule has 0 aliphatic heterocycles. The van der Waals surface area contributed by atoms with Crippen LogP contribution in [0.5, 0.6) is 0 Å². The summed E-state index contributed by atoms with van der Waals surface area (Å²) < 4.78 is 88.4. The molecular weight excluding hydrogens is 617 g/mol. The summed E-state index contributed by atoms with van der Waals surface area (Å²) in [6.07, 6.45) is 0. The largest absolute Gasteiger partial charge is 0.292 e. The number of aromatic nitrogens is 2. The molecule has 238 valence electrons. The summed E-state index contributed by atoms with van der Waals surface area (Å²) in [5.41, 5.74) is 6.03. The van der Waals surface area contributed by atoms with Gasteiger partial charge < -0.3 is 0 Å². The van der Waals surface area contributed by atoms with Crippen molar-refractivity contribution in [3.05, 3.63) is 194 Å². The fourth-order valence-corrected chi connectivity index (χ4v) is 7.34. The van der Waals surface area contributed by atoms with Crippen molar-refractivity contribution in [1.29, 1.82) is 0 Å². The van der Waals surface area contributed by atoms with Crippen molar-refractivity contribution in [1.82, 2.24) is 9.55 Å². The first-order valence-electron chi connectivity index (χ1n) is 21.7. The van der Waals surface area contributed by atoms with Crippen molar-refractivity contribution < 1.29 is 13.7 Å². The van der Waals surface area contributed by atoms with E-state index in [2.05, 4.69) is 34.9 Å². The van der Waals surface area contributed by atoms with Crippen molar-refractivity contribution >= 4 is 43.4 Å². The highest BCUT2D eigenvalue weighted by Gasteiger charge is 2.19. The van der Waals surface area contributed by atoms with Gasteiger partial charge in [0.25, 0.3) is 0 Å². The Bertz CT molecular complexity index is 3420. The van der Waals surface area contributed by atoms with Gasteiger partial charge in [-0.15, -0.1) is 0 Å². The van der Waals surface area contributed by atoms with Crippen LogP contribution in [0.4, 0.5) is 0 Å². The highest BCUT2D eigenvalue weighted by atomic mass is 15.1. The van der Waals surface area contributed by atoms with E-state index >= 15 is 0 Å². The van der Waals surface area contributed by atoms with Gasteiger partial charge in [0.2, 0.25) is 0 Å². The molecule has 1 heterocycles.